The Kier molecular flexibility index (Phi) is 39.5. The number of nitrogens with zero attached hydrogens (tertiary/aromatic N) is 1. The second kappa shape index (κ2) is 49.9. The maximum Gasteiger partial charge on any atom is 0.407 e. The predicted molar refractivity (Wildman–Crippen MR) is 513 cm³/mol. The van der Waals surface area contributed by atoms with E-state index in [1.807, 2.05) is 67.6 Å². The highest BCUT2D eigenvalue weighted by molar-refractivity contribution is 14.1. The molecule has 0 spiro atoms. The number of amides is 5. The molecule has 5 amide bonds. The second-order valence-corrected chi connectivity index (χ2v) is 41.1. The molecular weight excluding hydrogens is 1930 g/mol. The number of allylic oxidation sites excluding steroid dienone is 2. The lowest BCUT2D eigenvalue weighted by Gasteiger charge is -2.46. The van der Waals surface area contributed by atoms with Crippen LogP contribution in [0.15, 0.2) is 102 Å². The Morgan fingerprint density at radius 3 is 2.24 bits per heavy atom. The number of carbonyl (C=O) groups excluding carboxylic acids is 11. The first kappa shape index (κ1) is 108. The molecule has 21 atom stereocenters. The Morgan fingerprint density at radius 2 is 1.54 bits per heavy atom. The van der Waals surface area contributed by atoms with Crippen molar-refractivity contribution in [2.45, 2.75) is 286 Å². The number of anilines is 1. The molecule has 34 nitrogen and oxygen atoms in total. The number of unbranched alkanes of at least 4 members (excludes halogenated alkanes) is 2. The van der Waals surface area contributed by atoms with E-state index < -0.39 is 162 Å². The SMILES string of the molecule is COC(=O)CC1=C2/C(=C\CSSC(C)(C)CCC(=O)CCCNC(=O)OCc3ccc(NC(=O)[C@H](C)CC(=O)[C@H](Cc4c[nH]c5ccccc45)NC(=O)CCCCCN4C(=O)C=CC4=O)cc3)[C@](O)(C#C/C=C\C#C[C@@H]2OC2OC(C)C(NOC3CC(O)C(SC(=O)c4c(C)c(I)c(OC5OC(C)C(O)C(OC)C5O)c(C)c4OC)C(C)O3)C(O)C2OC2CC(C)C(CC(C)=O)CO2)CC1=O. The minimum atomic E-state index is -2.18. The summed E-state index contributed by atoms with van der Waals surface area (Å²) in [5, 5.41) is 67.2. The molecular formula is C98H123IN6O28S3. The number of hydroxylamine groups is 1. The molecule has 4 fully saturated rings. The minimum absolute atomic E-state index is 0.00505. The summed E-state index contributed by atoms with van der Waals surface area (Å²) in [7, 11) is 6.79. The van der Waals surface area contributed by atoms with Crippen molar-refractivity contribution in [2.24, 2.45) is 17.8 Å². The Morgan fingerprint density at radius 1 is 0.809 bits per heavy atom. The van der Waals surface area contributed by atoms with E-state index in [-0.39, 0.29) is 164 Å². The quantitative estimate of drug-likeness (QED) is 0.00374. The van der Waals surface area contributed by atoms with Gasteiger partial charge in [-0.3, -0.25) is 52.9 Å². The van der Waals surface area contributed by atoms with Crippen LogP contribution in [0.1, 0.15) is 178 Å². The van der Waals surface area contributed by atoms with E-state index in [1.54, 1.807) is 78.1 Å². The molecule has 4 aromatic rings. The van der Waals surface area contributed by atoms with Gasteiger partial charge in [0, 0.05) is 145 Å². The van der Waals surface area contributed by atoms with Crippen LogP contribution in [0.25, 0.3) is 10.9 Å². The normalized spacial score (nSPS) is 27.7. The number of methoxy groups -OCH3 is 3. The Balaban J connectivity index is 0.670. The van der Waals surface area contributed by atoms with Crippen molar-refractivity contribution < 1.29 is 135 Å². The number of carbonyl (C=O) groups is 11. The van der Waals surface area contributed by atoms with Gasteiger partial charge in [-0.2, -0.15) is 5.48 Å². The number of ether oxygens (including phenoxy) is 11. The molecule has 7 aliphatic rings. The highest BCUT2D eigenvalue weighted by Gasteiger charge is 2.53. The number of H-pyrrole nitrogens is 1. The zero-order valence-electron chi connectivity index (χ0n) is 78.4. The molecule has 1 aromatic heterocycles. The van der Waals surface area contributed by atoms with Crippen molar-refractivity contribution in [1.82, 2.24) is 26.0 Å². The standard InChI is InChI=1S/C98H123IN6O28S3/c1-52-43-78(125-51-62(52)44-54(3)106)131-90-85(116)83(104-133-79-47-71(109)91(59(8)127-79)135-93(119)80-55(4)82(99)88(56(5)87(80)123-12)132-94-86(117)89(124-13)84(115)58(7)129-94)57(6)128-95(90)130-73-27-17-14-15-21-37-98(121)48-72(110)66(46-77(114)122-11)81(73)67(98)36-41-134-136-97(9,10)38-35-64(107)24-23-39-100-96(120)126-50-60-29-31-63(32-30-60)102-92(118)53(2)42-70(108)69(45-61-49-101-68-26-20-19-25-65(61)68)103-74(111)28-18-16-22-40-105-75(112)33-34-76(105)113/h14-15,19-20,25-26,29-34,36,49,52-53,57-59,62,69,71,73,78-79,83-86,89-91,94-95,101,104,109,115-117,121H,16,18,22-24,28,35,38-48,50-51H2,1-13H3,(H,100,120)(H,102,118)(H,103,111)/b15-14-,67-36+/t52?,53-,57?,58?,59?,62?,69+,71?,73+,78?,79?,83?,84?,85?,86?,89?,90?,91?,94?,95?,98+/m1/s1. The van der Waals surface area contributed by atoms with Crippen molar-refractivity contribution >= 4 is 136 Å². The number of rotatable bonds is 44. The molecule has 4 saturated heterocycles. The summed E-state index contributed by atoms with van der Waals surface area (Å²) in [6, 6.07) is 12.1. The number of ketones is 4. The van der Waals surface area contributed by atoms with Crippen LogP contribution in [0.3, 0.4) is 0 Å². The van der Waals surface area contributed by atoms with Crippen LogP contribution in [0.4, 0.5) is 10.5 Å². The number of aromatic nitrogens is 1. The first-order valence-electron chi connectivity index (χ1n) is 45.6. The number of aliphatic hydroxyl groups is 5. The van der Waals surface area contributed by atoms with E-state index in [1.165, 1.54) is 74.1 Å². The summed E-state index contributed by atoms with van der Waals surface area (Å²) in [6.07, 6.45) is -6.83. The van der Waals surface area contributed by atoms with Crippen molar-refractivity contribution in [2.75, 3.05) is 52.1 Å². The lowest BCUT2D eigenvalue weighted by atomic mass is 9.72. The van der Waals surface area contributed by atoms with Crippen LogP contribution in [0.5, 0.6) is 11.5 Å². The Hall–Kier alpha value is -8.73. The summed E-state index contributed by atoms with van der Waals surface area (Å²) in [5.74, 6) is 7.93. The highest BCUT2D eigenvalue weighted by atomic mass is 127. The number of benzene rings is 3. The van der Waals surface area contributed by atoms with E-state index >= 15 is 0 Å². The second-order valence-electron chi connectivity index (χ2n) is 35.8. The van der Waals surface area contributed by atoms with Crippen molar-refractivity contribution in [3.05, 3.63) is 133 Å². The molecule has 38 heteroatoms. The number of fused-ring (bicyclic) bond motifs is 3. The summed E-state index contributed by atoms with van der Waals surface area (Å²) in [6.45, 7) is 17.8. The van der Waals surface area contributed by atoms with Gasteiger partial charge in [-0.05, 0) is 163 Å². The lowest BCUT2D eigenvalue weighted by Crippen LogP contribution is -2.64. The van der Waals surface area contributed by atoms with Crippen molar-refractivity contribution in [3.63, 3.8) is 0 Å². The molecule has 738 valence electrons. The third-order valence-electron chi connectivity index (χ3n) is 25.0. The van der Waals surface area contributed by atoms with Gasteiger partial charge in [-0.15, -0.1) is 0 Å². The molecule has 3 aromatic carbocycles. The van der Waals surface area contributed by atoms with Crippen LogP contribution < -0.4 is 30.9 Å². The maximum absolute atomic E-state index is 14.6. The van der Waals surface area contributed by atoms with E-state index in [0.717, 1.165) is 33.1 Å². The van der Waals surface area contributed by atoms with Gasteiger partial charge in [0.15, 0.2) is 36.0 Å². The third kappa shape index (κ3) is 28.3. The van der Waals surface area contributed by atoms with Gasteiger partial charge in [-0.1, -0.05) is 114 Å². The largest absolute Gasteiger partial charge is 0.496 e. The molecule has 2 bridgehead atoms. The zero-order chi connectivity index (χ0) is 98.6. The number of nitrogens with one attached hydrogen (secondary N) is 5. The highest BCUT2D eigenvalue weighted by Crippen LogP contribution is 2.47. The van der Waals surface area contributed by atoms with Crippen LogP contribution in [0, 0.1) is 58.9 Å². The van der Waals surface area contributed by atoms with Gasteiger partial charge in [0.05, 0.1) is 84.6 Å². The molecule has 11 rings (SSSR count). The number of Topliss-reactive ketones (excluding diaryl/α,β-unsaturated/α-hetero) is 4. The summed E-state index contributed by atoms with van der Waals surface area (Å²) in [5.41, 5.74) is 4.58. The number of halogens is 1. The van der Waals surface area contributed by atoms with Gasteiger partial charge in [0.2, 0.25) is 23.2 Å². The molecule has 0 saturated carbocycles. The van der Waals surface area contributed by atoms with Gasteiger partial charge in [0.1, 0.15) is 66.3 Å². The van der Waals surface area contributed by atoms with Crippen LogP contribution >= 0.6 is 55.9 Å². The number of hydrogen-bond donors (Lipinski definition) is 10. The molecule has 0 radical (unpaired) electrons. The average molecular weight is 2060 g/mol. The number of thioether (sulfide) groups is 1. The van der Waals surface area contributed by atoms with Crippen LogP contribution in [0.2, 0.25) is 0 Å². The molecule has 136 heavy (non-hydrogen) atoms. The fourth-order valence-electron chi connectivity index (χ4n) is 17.2. The zero-order valence-corrected chi connectivity index (χ0v) is 83.1. The molecule has 5 aliphatic heterocycles. The molecule has 6 heterocycles. The predicted octanol–water partition coefficient (Wildman–Crippen LogP) is 9.77. The number of esters is 1. The summed E-state index contributed by atoms with van der Waals surface area (Å²) < 4.78 is 66.9. The van der Waals surface area contributed by atoms with Crippen LogP contribution in [-0.2, 0) is 104 Å². The molecule has 2 aliphatic carbocycles. The molecule has 17 unspecified atom stereocenters. The topological polar surface area (TPSA) is 467 Å². The number of alkyl carbamates (subject to hydrolysis) is 1. The number of aliphatic hydroxyl groups excluding tert-OH is 4. The maximum atomic E-state index is 14.6. The Bertz CT molecular complexity index is 5240. The van der Waals surface area contributed by atoms with Crippen molar-refractivity contribution in [3.8, 4) is 35.2 Å². The number of aromatic amines is 1. The summed E-state index contributed by atoms with van der Waals surface area (Å²) in [4.78, 5) is 157. The Labute approximate surface area is 816 Å². The van der Waals surface area contributed by atoms with Gasteiger partial charge in [-0.25, -0.2) is 4.79 Å². The first-order chi connectivity index (χ1) is 64.8. The van der Waals surface area contributed by atoms with E-state index in [0.29, 0.717) is 58.1 Å². The first-order valence-corrected chi connectivity index (χ1v) is 49.8. The van der Waals surface area contributed by atoms with E-state index in [9.17, 15) is 78.3 Å². The number of para-hydroxylation sites is 1. The lowest BCUT2D eigenvalue weighted by molar-refractivity contribution is -0.335. The monoisotopic (exact) mass is 2050 g/mol. The van der Waals surface area contributed by atoms with Gasteiger partial charge in [0.25, 0.3) is 11.8 Å². The minimum Gasteiger partial charge on any atom is -0.496 e. The van der Waals surface area contributed by atoms with E-state index in [2.05, 4.69) is 50.1 Å². The average Bonchev–Trinajstić information content (AvgIpc) is 0.982. The summed E-state index contributed by atoms with van der Waals surface area (Å²) >= 11 is 2.89. The number of hydrogen-bond acceptors (Lipinski definition) is 32. The number of imide groups is 1. The van der Waals surface area contributed by atoms with Gasteiger partial charge < -0.3 is 103 Å². The smallest absolute Gasteiger partial charge is 0.407 e. The van der Waals surface area contributed by atoms with Crippen LogP contribution in [-0.4, -0.2) is 260 Å². The van der Waals surface area contributed by atoms with E-state index in [4.69, 9.17) is 56.9 Å². The molecule has 10 N–H and O–H groups in total. The fraction of sp³-hybridized carbons (Fsp3) is 0.561. The fourth-order valence-corrected chi connectivity index (χ4v) is 21.5. The third-order valence-corrected chi connectivity index (χ3v) is 30.9. The van der Waals surface area contributed by atoms with Crippen molar-refractivity contribution in [1.29, 1.82) is 0 Å². The van der Waals surface area contributed by atoms with Gasteiger partial charge >= 0.3 is 12.1 Å².